The van der Waals surface area contributed by atoms with Crippen LogP contribution in [0.5, 0.6) is 0 Å². The summed E-state index contributed by atoms with van der Waals surface area (Å²) < 4.78 is 13.7. The van der Waals surface area contributed by atoms with E-state index < -0.39 is 5.41 Å². The highest BCUT2D eigenvalue weighted by Crippen LogP contribution is 2.71. The van der Waals surface area contributed by atoms with Crippen molar-refractivity contribution >= 4 is 6.29 Å². The lowest BCUT2D eigenvalue weighted by molar-refractivity contribution is -0.192. The third-order valence-corrected chi connectivity index (χ3v) is 13.0. The molecule has 9 unspecified atom stereocenters. The summed E-state index contributed by atoms with van der Waals surface area (Å²) in [5.74, 6) is 4.09. The van der Waals surface area contributed by atoms with Gasteiger partial charge < -0.3 is 4.79 Å². The molecular formula is C31H51FO. The number of alkyl halides is 1. The van der Waals surface area contributed by atoms with E-state index in [1.807, 2.05) is 0 Å². The molecule has 0 aliphatic heterocycles. The lowest BCUT2D eigenvalue weighted by Gasteiger charge is -2.68. The minimum atomic E-state index is -0.482. The van der Waals surface area contributed by atoms with Gasteiger partial charge in [-0.15, -0.1) is 0 Å². The van der Waals surface area contributed by atoms with Gasteiger partial charge in [-0.1, -0.05) is 53.7 Å². The molecule has 4 rings (SSSR count). The summed E-state index contributed by atoms with van der Waals surface area (Å²) in [6, 6.07) is 0. The Kier molecular flexibility index (Phi) is 6.53. The highest BCUT2D eigenvalue weighted by Gasteiger charge is 2.64. The SMILES string of the molecule is C=C(C)C1CCC(C=O)(CCF)C1C1CCC2C3(C)CCC(C)C(C)(C)C3CCC2(C)[C@H]1C. The van der Waals surface area contributed by atoms with Gasteiger partial charge in [-0.25, -0.2) is 0 Å². The molecule has 33 heavy (non-hydrogen) atoms. The van der Waals surface area contributed by atoms with Crippen LogP contribution in [0.15, 0.2) is 12.2 Å². The molecule has 0 aromatic carbocycles. The number of fused-ring (bicyclic) bond motifs is 3. The van der Waals surface area contributed by atoms with Crippen LogP contribution >= 0.6 is 0 Å². The van der Waals surface area contributed by atoms with E-state index in [2.05, 4.69) is 55.0 Å². The Morgan fingerprint density at radius 2 is 1.61 bits per heavy atom. The van der Waals surface area contributed by atoms with Crippen LogP contribution < -0.4 is 0 Å². The number of hydrogen-bond acceptors (Lipinski definition) is 1. The topological polar surface area (TPSA) is 17.1 Å². The molecule has 4 fully saturated rings. The van der Waals surface area contributed by atoms with Gasteiger partial charge >= 0.3 is 0 Å². The van der Waals surface area contributed by atoms with E-state index in [1.54, 1.807) is 0 Å². The lowest BCUT2D eigenvalue weighted by atomic mass is 9.37. The molecule has 4 aliphatic carbocycles. The van der Waals surface area contributed by atoms with Crippen LogP contribution in [-0.4, -0.2) is 13.0 Å². The third-order valence-electron chi connectivity index (χ3n) is 13.0. The Balaban J connectivity index is 1.69. The fourth-order valence-corrected chi connectivity index (χ4v) is 10.7. The molecule has 4 saturated carbocycles. The molecule has 0 heterocycles. The van der Waals surface area contributed by atoms with Crippen LogP contribution in [0.1, 0.15) is 106 Å². The molecule has 0 aromatic heterocycles. The molecular weight excluding hydrogens is 407 g/mol. The Hall–Kier alpha value is -0.660. The molecule has 0 aromatic rings. The second-order valence-electron chi connectivity index (χ2n) is 14.3. The first-order valence-corrected chi connectivity index (χ1v) is 14.1. The second-order valence-corrected chi connectivity index (χ2v) is 14.3. The fourth-order valence-electron chi connectivity index (χ4n) is 10.7. The third kappa shape index (κ3) is 3.54. The normalized spacial score (nSPS) is 51.5. The number of rotatable bonds is 5. The summed E-state index contributed by atoms with van der Waals surface area (Å²) >= 11 is 0. The van der Waals surface area contributed by atoms with E-state index in [0.717, 1.165) is 30.6 Å². The van der Waals surface area contributed by atoms with Crippen molar-refractivity contribution in [1.29, 1.82) is 0 Å². The van der Waals surface area contributed by atoms with E-state index >= 15 is 0 Å². The van der Waals surface area contributed by atoms with Crippen molar-refractivity contribution in [2.24, 2.45) is 63.1 Å². The Morgan fingerprint density at radius 3 is 2.21 bits per heavy atom. The summed E-state index contributed by atoms with van der Waals surface area (Å²) in [5.41, 5.74) is 1.88. The van der Waals surface area contributed by atoms with Gasteiger partial charge in [0.05, 0.1) is 6.67 Å². The van der Waals surface area contributed by atoms with Gasteiger partial charge in [0.25, 0.3) is 0 Å². The molecule has 0 radical (unpaired) electrons. The minimum Gasteiger partial charge on any atom is -0.303 e. The van der Waals surface area contributed by atoms with Gasteiger partial charge in [-0.2, -0.15) is 0 Å². The van der Waals surface area contributed by atoms with Crippen molar-refractivity contribution in [3.8, 4) is 0 Å². The Morgan fingerprint density at radius 1 is 0.939 bits per heavy atom. The van der Waals surface area contributed by atoms with Gasteiger partial charge in [-0.05, 0) is 122 Å². The maximum Gasteiger partial charge on any atom is 0.126 e. The van der Waals surface area contributed by atoms with Crippen LogP contribution in [-0.2, 0) is 4.79 Å². The first-order valence-electron chi connectivity index (χ1n) is 14.1. The largest absolute Gasteiger partial charge is 0.303 e. The minimum absolute atomic E-state index is 0.268. The zero-order valence-corrected chi connectivity index (χ0v) is 22.7. The standard InChI is InChI=1S/C31H51FO/c1-20(2)23-12-16-31(19-33,17-18-32)27(23)24-9-10-26-29(7,22(24)4)15-13-25-28(5,6)21(3)11-14-30(25,26)8/h19,21-27H,1,9-18H2,2-8H3/t21?,22-,23?,24?,25?,26?,27?,29?,30?,31?/m0/s1. The smallest absolute Gasteiger partial charge is 0.126 e. The van der Waals surface area contributed by atoms with Gasteiger partial charge in [0.2, 0.25) is 0 Å². The number of allylic oxidation sites excluding steroid dienone is 1. The molecule has 0 amide bonds. The zero-order valence-electron chi connectivity index (χ0n) is 22.7. The number of halogens is 1. The van der Waals surface area contributed by atoms with Crippen molar-refractivity contribution in [2.45, 2.75) is 106 Å². The molecule has 188 valence electrons. The number of aldehydes is 1. The fraction of sp³-hybridized carbons (Fsp3) is 0.903. The average Bonchev–Trinajstić information content (AvgIpc) is 3.12. The van der Waals surface area contributed by atoms with Crippen LogP contribution in [0.3, 0.4) is 0 Å². The molecule has 0 N–H and O–H groups in total. The van der Waals surface area contributed by atoms with Gasteiger partial charge in [0.1, 0.15) is 6.29 Å². The highest BCUT2D eigenvalue weighted by molar-refractivity contribution is 5.61. The number of carbonyl (C=O) groups is 1. The van der Waals surface area contributed by atoms with Crippen molar-refractivity contribution in [1.82, 2.24) is 0 Å². The molecule has 10 atom stereocenters. The Labute approximate surface area is 203 Å². The quantitative estimate of drug-likeness (QED) is 0.297. The Bertz CT molecular complexity index is 771. The molecule has 4 aliphatic rings. The van der Waals surface area contributed by atoms with E-state index in [9.17, 15) is 9.18 Å². The van der Waals surface area contributed by atoms with Crippen LogP contribution in [0.25, 0.3) is 0 Å². The first-order chi connectivity index (χ1) is 15.4. The molecule has 0 saturated heterocycles. The van der Waals surface area contributed by atoms with E-state index in [0.29, 0.717) is 40.4 Å². The van der Waals surface area contributed by atoms with Crippen molar-refractivity contribution in [3.05, 3.63) is 12.2 Å². The molecule has 2 heteroatoms. The monoisotopic (exact) mass is 458 g/mol. The molecule has 0 bridgehead atoms. The van der Waals surface area contributed by atoms with Crippen LogP contribution in [0.2, 0.25) is 0 Å². The van der Waals surface area contributed by atoms with Crippen LogP contribution in [0, 0.1) is 63.1 Å². The maximum absolute atomic E-state index is 13.7. The highest BCUT2D eigenvalue weighted by atomic mass is 19.1. The summed E-state index contributed by atoms with van der Waals surface area (Å²) in [5, 5.41) is 0. The predicted octanol–water partition coefficient (Wildman–Crippen LogP) is 8.67. The summed E-state index contributed by atoms with van der Waals surface area (Å²) in [7, 11) is 0. The lowest BCUT2D eigenvalue weighted by Crippen LogP contribution is -2.61. The van der Waals surface area contributed by atoms with Crippen molar-refractivity contribution in [2.75, 3.05) is 6.67 Å². The summed E-state index contributed by atoms with van der Waals surface area (Å²) in [4.78, 5) is 12.6. The predicted molar refractivity (Wildman–Crippen MR) is 137 cm³/mol. The van der Waals surface area contributed by atoms with Gasteiger partial charge in [0, 0.05) is 5.41 Å². The van der Waals surface area contributed by atoms with Crippen molar-refractivity contribution < 1.29 is 9.18 Å². The first kappa shape index (κ1) is 25.4. The van der Waals surface area contributed by atoms with Crippen LogP contribution in [0.4, 0.5) is 4.39 Å². The number of carbonyl (C=O) groups excluding carboxylic acids is 1. The summed E-state index contributed by atoms with van der Waals surface area (Å²) in [6.45, 7) is 21.4. The van der Waals surface area contributed by atoms with E-state index in [4.69, 9.17) is 0 Å². The zero-order chi connectivity index (χ0) is 24.4. The molecule has 1 nitrogen and oxygen atoms in total. The summed E-state index contributed by atoms with van der Waals surface area (Å²) in [6.07, 6.45) is 11.3. The average molecular weight is 459 g/mol. The number of hydrogen-bond donors (Lipinski definition) is 0. The van der Waals surface area contributed by atoms with Gasteiger partial charge in [0.15, 0.2) is 0 Å². The second kappa shape index (κ2) is 8.48. The molecule has 0 spiro atoms. The van der Waals surface area contributed by atoms with Gasteiger partial charge in [-0.3, -0.25) is 4.39 Å². The maximum atomic E-state index is 13.7. The van der Waals surface area contributed by atoms with Crippen molar-refractivity contribution in [3.63, 3.8) is 0 Å². The van der Waals surface area contributed by atoms with E-state index in [-0.39, 0.29) is 12.6 Å². The van der Waals surface area contributed by atoms with E-state index in [1.165, 1.54) is 50.4 Å².